The number of aromatic nitrogens is 1. The summed E-state index contributed by atoms with van der Waals surface area (Å²) < 4.78 is 11.0. The average Bonchev–Trinajstić information content (AvgIpc) is 3.30. The summed E-state index contributed by atoms with van der Waals surface area (Å²) in [6, 6.07) is 11.5. The van der Waals surface area contributed by atoms with Crippen molar-refractivity contribution in [3.8, 4) is 11.5 Å². The number of fused-ring (bicyclic) bond motifs is 4. The number of benzene rings is 2. The van der Waals surface area contributed by atoms with E-state index in [4.69, 9.17) is 26.8 Å². The molecule has 0 saturated heterocycles. The first-order valence-electron chi connectivity index (χ1n) is 9.35. The Labute approximate surface area is 167 Å². The van der Waals surface area contributed by atoms with Crippen molar-refractivity contribution >= 4 is 28.4 Å². The van der Waals surface area contributed by atoms with Crippen molar-refractivity contribution in [1.29, 1.82) is 0 Å². The molecule has 0 aliphatic carbocycles. The minimum absolute atomic E-state index is 0.0486. The van der Waals surface area contributed by atoms with E-state index in [9.17, 15) is 4.79 Å². The third-order valence-corrected chi connectivity index (χ3v) is 5.72. The fourth-order valence-corrected chi connectivity index (χ4v) is 4.40. The van der Waals surface area contributed by atoms with Gasteiger partial charge in [-0.2, -0.15) is 0 Å². The highest BCUT2D eigenvalue weighted by molar-refractivity contribution is 6.31. The number of aromatic amines is 1. The largest absolute Gasteiger partial charge is 0.454 e. The number of nitrogens with zero attached hydrogens (tertiary/aromatic N) is 1. The molecule has 6 nitrogen and oxygen atoms in total. The van der Waals surface area contributed by atoms with Gasteiger partial charge in [-0.25, -0.2) is 0 Å². The molecule has 0 radical (unpaired) electrons. The molecule has 28 heavy (non-hydrogen) atoms. The lowest BCUT2D eigenvalue weighted by molar-refractivity contribution is -0.133. The fraction of sp³-hybridized carbons (Fsp3) is 0.286. The van der Waals surface area contributed by atoms with Gasteiger partial charge in [0.05, 0.1) is 6.04 Å². The summed E-state index contributed by atoms with van der Waals surface area (Å²) in [7, 11) is 0. The second-order valence-electron chi connectivity index (χ2n) is 7.10. The number of hydrogen-bond donors (Lipinski definition) is 2. The highest BCUT2D eigenvalue weighted by Crippen LogP contribution is 2.42. The summed E-state index contributed by atoms with van der Waals surface area (Å²) in [6.07, 6.45) is 1.09. The smallest absolute Gasteiger partial charge is 0.231 e. The van der Waals surface area contributed by atoms with E-state index >= 15 is 0 Å². The molecule has 2 aromatic carbocycles. The fourth-order valence-electron chi connectivity index (χ4n) is 4.23. The molecule has 1 amide bonds. The molecular weight excluding hydrogens is 378 g/mol. The van der Waals surface area contributed by atoms with E-state index in [2.05, 4.69) is 4.98 Å². The van der Waals surface area contributed by atoms with Gasteiger partial charge in [0.25, 0.3) is 0 Å². The van der Waals surface area contributed by atoms with Crippen molar-refractivity contribution in [2.24, 2.45) is 5.73 Å². The molecule has 1 unspecified atom stereocenters. The SMILES string of the molecule is NCCC(=O)N1CCc2c([nH]c3ccc(Cl)cc23)C1c1ccc2c(c1)OCO2. The molecule has 0 saturated carbocycles. The quantitative estimate of drug-likeness (QED) is 0.710. The third-order valence-electron chi connectivity index (χ3n) is 5.48. The first-order valence-corrected chi connectivity index (χ1v) is 9.72. The number of ether oxygens (including phenoxy) is 2. The highest BCUT2D eigenvalue weighted by Gasteiger charge is 2.35. The van der Waals surface area contributed by atoms with Crippen LogP contribution >= 0.6 is 11.6 Å². The van der Waals surface area contributed by atoms with Gasteiger partial charge in [0.2, 0.25) is 12.7 Å². The molecule has 0 spiro atoms. The predicted octanol–water partition coefficient (Wildman–Crippen LogP) is 3.37. The molecule has 3 heterocycles. The maximum atomic E-state index is 12.8. The first kappa shape index (κ1) is 17.4. The molecule has 0 fully saturated rings. The van der Waals surface area contributed by atoms with Crippen LogP contribution in [0.25, 0.3) is 10.9 Å². The molecular formula is C21H20ClN3O3. The van der Waals surface area contributed by atoms with Gasteiger partial charge in [0.1, 0.15) is 0 Å². The number of amides is 1. The summed E-state index contributed by atoms with van der Waals surface area (Å²) in [5.41, 5.74) is 9.89. The summed E-state index contributed by atoms with van der Waals surface area (Å²) in [6.45, 7) is 1.18. The van der Waals surface area contributed by atoms with Crippen molar-refractivity contribution in [3.05, 3.63) is 58.2 Å². The van der Waals surface area contributed by atoms with E-state index in [0.717, 1.165) is 34.3 Å². The van der Waals surface area contributed by atoms with Gasteiger partial charge in [-0.15, -0.1) is 0 Å². The Morgan fingerprint density at radius 1 is 1.21 bits per heavy atom. The Hall–Kier alpha value is -2.70. The molecule has 1 atom stereocenters. The Kier molecular flexibility index (Phi) is 4.18. The van der Waals surface area contributed by atoms with Gasteiger partial charge in [-0.05, 0) is 47.9 Å². The zero-order chi connectivity index (χ0) is 19.3. The zero-order valence-electron chi connectivity index (χ0n) is 15.2. The van der Waals surface area contributed by atoms with E-state index < -0.39 is 0 Å². The number of halogens is 1. The Morgan fingerprint density at radius 3 is 2.93 bits per heavy atom. The predicted molar refractivity (Wildman–Crippen MR) is 107 cm³/mol. The van der Waals surface area contributed by atoms with Crippen LogP contribution in [0.1, 0.15) is 29.3 Å². The lowest BCUT2D eigenvalue weighted by Gasteiger charge is -2.36. The molecule has 2 aliphatic heterocycles. The van der Waals surface area contributed by atoms with Gasteiger partial charge in [-0.1, -0.05) is 17.7 Å². The van der Waals surface area contributed by atoms with Gasteiger partial charge >= 0.3 is 0 Å². The van der Waals surface area contributed by atoms with Crippen LogP contribution in [-0.2, 0) is 11.2 Å². The van der Waals surface area contributed by atoms with E-state index in [0.29, 0.717) is 30.3 Å². The van der Waals surface area contributed by atoms with E-state index in [1.807, 2.05) is 41.3 Å². The normalized spacial score (nSPS) is 17.8. The molecule has 7 heteroatoms. The molecule has 2 aliphatic rings. The monoisotopic (exact) mass is 397 g/mol. The summed E-state index contributed by atoms with van der Waals surface area (Å²) in [4.78, 5) is 18.3. The second-order valence-corrected chi connectivity index (χ2v) is 7.53. The second kappa shape index (κ2) is 6.72. The number of nitrogens with two attached hydrogens (primary N) is 1. The number of rotatable bonds is 3. The Morgan fingerprint density at radius 2 is 2.07 bits per heavy atom. The highest BCUT2D eigenvalue weighted by atomic mass is 35.5. The minimum Gasteiger partial charge on any atom is -0.454 e. The topological polar surface area (TPSA) is 80.6 Å². The maximum Gasteiger partial charge on any atom is 0.231 e. The lowest BCUT2D eigenvalue weighted by Crippen LogP contribution is -2.41. The van der Waals surface area contributed by atoms with Gasteiger partial charge < -0.3 is 25.1 Å². The molecule has 3 aromatic rings. The molecule has 0 bridgehead atoms. The number of hydrogen-bond acceptors (Lipinski definition) is 4. The van der Waals surface area contributed by atoms with Gasteiger partial charge in [0, 0.05) is 41.1 Å². The molecule has 144 valence electrons. The summed E-state index contributed by atoms with van der Waals surface area (Å²) in [5, 5.41) is 1.81. The van der Waals surface area contributed by atoms with Crippen LogP contribution in [0.4, 0.5) is 0 Å². The van der Waals surface area contributed by atoms with Gasteiger partial charge in [-0.3, -0.25) is 4.79 Å². The number of nitrogens with one attached hydrogen (secondary N) is 1. The Balaban J connectivity index is 1.67. The number of carbonyl (C=O) groups excluding carboxylic acids is 1. The van der Waals surface area contributed by atoms with Crippen LogP contribution in [0, 0.1) is 0 Å². The Bertz CT molecular complexity index is 1080. The van der Waals surface area contributed by atoms with Crippen molar-refractivity contribution in [3.63, 3.8) is 0 Å². The van der Waals surface area contributed by atoms with Crippen LogP contribution in [0.2, 0.25) is 5.02 Å². The molecule has 1 aromatic heterocycles. The maximum absolute atomic E-state index is 12.8. The molecule has 5 rings (SSSR count). The van der Waals surface area contributed by atoms with Crippen LogP contribution in [0.15, 0.2) is 36.4 Å². The van der Waals surface area contributed by atoms with Crippen molar-refractivity contribution in [1.82, 2.24) is 9.88 Å². The van der Waals surface area contributed by atoms with Crippen molar-refractivity contribution in [2.75, 3.05) is 19.9 Å². The average molecular weight is 398 g/mol. The minimum atomic E-state index is -0.233. The summed E-state index contributed by atoms with van der Waals surface area (Å²) >= 11 is 6.23. The van der Waals surface area contributed by atoms with Crippen LogP contribution in [0.3, 0.4) is 0 Å². The number of H-pyrrole nitrogens is 1. The summed E-state index contributed by atoms with van der Waals surface area (Å²) in [5.74, 6) is 1.48. The van der Waals surface area contributed by atoms with E-state index in [1.54, 1.807) is 0 Å². The van der Waals surface area contributed by atoms with Crippen molar-refractivity contribution < 1.29 is 14.3 Å². The van der Waals surface area contributed by atoms with Crippen LogP contribution in [-0.4, -0.2) is 35.7 Å². The van der Waals surface area contributed by atoms with Crippen LogP contribution in [0.5, 0.6) is 11.5 Å². The van der Waals surface area contributed by atoms with Crippen molar-refractivity contribution in [2.45, 2.75) is 18.9 Å². The standard InChI is InChI=1S/C21H20ClN3O3/c22-13-2-3-16-15(10-13)14-6-8-25(19(26)5-7-23)21(20(14)24-16)12-1-4-17-18(9-12)28-11-27-17/h1-4,9-10,21,24H,5-8,11,23H2. The van der Waals surface area contributed by atoms with Gasteiger partial charge in [0.15, 0.2) is 11.5 Å². The first-order chi connectivity index (χ1) is 13.7. The van der Waals surface area contributed by atoms with E-state index in [1.165, 1.54) is 5.56 Å². The third kappa shape index (κ3) is 2.72. The number of carbonyl (C=O) groups is 1. The lowest BCUT2D eigenvalue weighted by atomic mass is 9.92. The molecule has 3 N–H and O–H groups in total. The zero-order valence-corrected chi connectivity index (χ0v) is 16.0. The van der Waals surface area contributed by atoms with Crippen LogP contribution < -0.4 is 15.2 Å². The van der Waals surface area contributed by atoms with E-state index in [-0.39, 0.29) is 18.7 Å².